The second kappa shape index (κ2) is 10.0. The molecule has 0 bridgehead atoms. The van der Waals surface area contributed by atoms with Gasteiger partial charge < -0.3 is 15.0 Å². The molecule has 1 aliphatic heterocycles. The van der Waals surface area contributed by atoms with Crippen LogP contribution in [-0.4, -0.2) is 34.7 Å². The number of hydrogen-bond donors (Lipinski definition) is 1. The predicted octanol–water partition coefficient (Wildman–Crippen LogP) is 5.20. The number of alkyl halides is 2. The van der Waals surface area contributed by atoms with Crippen molar-refractivity contribution in [3.05, 3.63) is 107 Å². The number of anilines is 2. The highest BCUT2D eigenvalue weighted by Gasteiger charge is 2.37. The fourth-order valence-electron chi connectivity index (χ4n) is 4.65. The Bertz CT molecular complexity index is 1590. The van der Waals surface area contributed by atoms with Gasteiger partial charge in [-0.05, 0) is 37.3 Å². The van der Waals surface area contributed by atoms with Crippen LogP contribution in [0, 0.1) is 11.3 Å². The number of ether oxygens (including phenoxy) is 1. The summed E-state index contributed by atoms with van der Waals surface area (Å²) in [6.45, 7) is 2.12. The van der Waals surface area contributed by atoms with Crippen LogP contribution in [0.25, 0.3) is 0 Å². The molecule has 5 rings (SSSR count). The van der Waals surface area contributed by atoms with Crippen LogP contribution in [-0.2, 0) is 12.5 Å². The summed E-state index contributed by atoms with van der Waals surface area (Å²) in [6, 6.07) is 19.3. The van der Waals surface area contributed by atoms with E-state index in [2.05, 4.69) is 10.4 Å². The third-order valence-electron chi connectivity index (χ3n) is 6.61. The topological polar surface area (TPSA) is 100 Å². The third kappa shape index (κ3) is 4.59. The molecule has 1 N–H and O–H groups in total. The molecule has 0 unspecified atom stereocenters. The fourth-order valence-corrected chi connectivity index (χ4v) is 4.65. The van der Waals surface area contributed by atoms with Crippen LogP contribution in [0.5, 0.6) is 5.75 Å². The number of nitriles is 1. The van der Waals surface area contributed by atoms with Crippen molar-refractivity contribution in [1.29, 1.82) is 5.26 Å². The minimum absolute atomic E-state index is 0.0541. The molecular weight excluding hydrogens is 504 g/mol. The molecule has 39 heavy (non-hydrogen) atoms. The van der Waals surface area contributed by atoms with Gasteiger partial charge in [0.1, 0.15) is 17.5 Å². The number of aromatic nitrogens is 2. The molecule has 0 saturated heterocycles. The van der Waals surface area contributed by atoms with Crippen molar-refractivity contribution < 1.29 is 23.1 Å². The minimum atomic E-state index is -3.20. The largest absolute Gasteiger partial charge is 0.495 e. The molecule has 196 valence electrons. The predicted molar refractivity (Wildman–Crippen MR) is 140 cm³/mol. The van der Waals surface area contributed by atoms with Crippen LogP contribution in [0.4, 0.5) is 20.2 Å². The summed E-state index contributed by atoms with van der Waals surface area (Å²) in [5.74, 6) is -3.89. The Labute approximate surface area is 223 Å². The highest BCUT2D eigenvalue weighted by atomic mass is 19.3. The van der Waals surface area contributed by atoms with Gasteiger partial charge in [-0.25, -0.2) is 0 Å². The second-order valence-corrected chi connectivity index (χ2v) is 9.08. The zero-order valence-corrected chi connectivity index (χ0v) is 21.1. The molecule has 3 aromatic carbocycles. The van der Waals surface area contributed by atoms with Gasteiger partial charge in [-0.2, -0.15) is 19.1 Å². The highest BCUT2D eigenvalue weighted by Crippen LogP contribution is 2.37. The second-order valence-electron chi connectivity index (χ2n) is 9.08. The molecule has 4 aromatic rings. The Morgan fingerprint density at radius 3 is 2.46 bits per heavy atom. The highest BCUT2D eigenvalue weighted by molar-refractivity contribution is 6.15. The standard InChI is InChI=1S/C29H23F2N5O3/c1-18-17-35-26(24(16-33-35)27(37)34-22-10-13-25(39-2)19(14-22)15-32)28(38)36(18)23-11-8-21(9-12-23)29(30,31)20-6-4-3-5-7-20/h3-14,16,18H,17H2,1-2H3,(H,34,37)/t18-/m0/s1. The molecule has 0 aliphatic carbocycles. The van der Waals surface area contributed by atoms with Gasteiger partial charge >= 0.3 is 0 Å². The molecule has 1 aromatic heterocycles. The quantitative estimate of drug-likeness (QED) is 0.371. The van der Waals surface area contributed by atoms with Crippen molar-refractivity contribution >= 4 is 23.2 Å². The fraction of sp³-hybridized carbons (Fsp3) is 0.172. The number of nitrogens with one attached hydrogen (secondary N) is 1. The molecule has 10 heteroatoms. The van der Waals surface area contributed by atoms with Crippen molar-refractivity contribution in [2.24, 2.45) is 0 Å². The molecule has 0 spiro atoms. The van der Waals surface area contributed by atoms with E-state index in [0.29, 0.717) is 23.7 Å². The van der Waals surface area contributed by atoms with Gasteiger partial charge in [0.25, 0.3) is 17.7 Å². The van der Waals surface area contributed by atoms with Crippen LogP contribution in [0.15, 0.2) is 79.0 Å². The lowest BCUT2D eigenvalue weighted by Crippen LogP contribution is -2.47. The molecular formula is C29H23F2N5O3. The average Bonchev–Trinajstić information content (AvgIpc) is 3.38. The van der Waals surface area contributed by atoms with E-state index < -0.39 is 17.7 Å². The lowest BCUT2D eigenvalue weighted by Gasteiger charge is -2.34. The van der Waals surface area contributed by atoms with Gasteiger partial charge in [0.05, 0.1) is 37.0 Å². The Morgan fingerprint density at radius 2 is 1.79 bits per heavy atom. The summed E-state index contributed by atoms with van der Waals surface area (Å²) >= 11 is 0. The lowest BCUT2D eigenvalue weighted by molar-refractivity contribution is 0.0428. The van der Waals surface area contributed by atoms with E-state index in [1.165, 1.54) is 65.4 Å². The van der Waals surface area contributed by atoms with E-state index in [1.807, 2.05) is 13.0 Å². The van der Waals surface area contributed by atoms with Gasteiger partial charge in [-0.3, -0.25) is 14.3 Å². The molecule has 0 fully saturated rings. The van der Waals surface area contributed by atoms with Gasteiger partial charge in [0.15, 0.2) is 0 Å². The van der Waals surface area contributed by atoms with Crippen LogP contribution in [0.3, 0.4) is 0 Å². The van der Waals surface area contributed by atoms with E-state index in [4.69, 9.17) is 4.74 Å². The number of amides is 2. The first kappa shape index (κ1) is 25.6. The summed E-state index contributed by atoms with van der Waals surface area (Å²) < 4.78 is 36.6. The first-order valence-electron chi connectivity index (χ1n) is 12.1. The molecule has 0 radical (unpaired) electrons. The molecule has 2 amide bonds. The normalized spacial score (nSPS) is 14.9. The van der Waals surface area contributed by atoms with E-state index in [9.17, 15) is 14.9 Å². The number of carbonyl (C=O) groups excluding carboxylic acids is 2. The maximum atomic E-state index is 15.0. The van der Waals surface area contributed by atoms with Gasteiger partial charge in [0, 0.05) is 22.5 Å². The smallest absolute Gasteiger partial charge is 0.298 e. The summed E-state index contributed by atoms with van der Waals surface area (Å²) in [4.78, 5) is 28.2. The SMILES string of the molecule is COc1ccc(NC(=O)c2cnn3c2C(=O)N(c2ccc(C(F)(F)c4ccccc4)cc2)[C@@H](C)C3)cc1C#N. The average molecular weight is 528 g/mol. The molecule has 8 nitrogen and oxygen atoms in total. The van der Waals surface area contributed by atoms with Crippen molar-refractivity contribution in [1.82, 2.24) is 9.78 Å². The Balaban J connectivity index is 1.41. The number of carbonyl (C=O) groups is 2. The number of halogens is 2. The number of rotatable bonds is 6. The maximum absolute atomic E-state index is 15.0. The minimum Gasteiger partial charge on any atom is -0.495 e. The number of benzene rings is 3. The third-order valence-corrected chi connectivity index (χ3v) is 6.61. The first-order chi connectivity index (χ1) is 18.7. The van der Waals surface area contributed by atoms with Crippen molar-refractivity contribution in [3.8, 4) is 11.8 Å². The molecule has 1 atom stereocenters. The lowest BCUT2D eigenvalue weighted by atomic mass is 9.99. The Hall–Kier alpha value is -5.04. The van der Waals surface area contributed by atoms with E-state index in [1.54, 1.807) is 30.3 Å². The molecule has 0 saturated carbocycles. The zero-order chi connectivity index (χ0) is 27.7. The van der Waals surface area contributed by atoms with Crippen LogP contribution in [0.2, 0.25) is 0 Å². The summed E-state index contributed by atoms with van der Waals surface area (Å²) in [5.41, 5.74) is 0.823. The van der Waals surface area contributed by atoms with Crippen molar-refractivity contribution in [3.63, 3.8) is 0 Å². The number of hydrogen-bond acceptors (Lipinski definition) is 5. The number of fused-ring (bicyclic) bond motifs is 1. The van der Waals surface area contributed by atoms with Gasteiger partial charge in [-0.15, -0.1) is 0 Å². The van der Waals surface area contributed by atoms with Crippen molar-refractivity contribution in [2.45, 2.75) is 25.4 Å². The van der Waals surface area contributed by atoms with E-state index >= 15 is 8.78 Å². The van der Waals surface area contributed by atoms with E-state index in [0.717, 1.165) is 0 Å². The number of nitrogens with zero attached hydrogens (tertiary/aromatic N) is 4. The molecule has 2 heterocycles. The summed E-state index contributed by atoms with van der Waals surface area (Å²) in [5, 5.41) is 16.2. The van der Waals surface area contributed by atoms with Gasteiger partial charge in [-0.1, -0.05) is 42.5 Å². The van der Waals surface area contributed by atoms with Gasteiger partial charge in [0.2, 0.25) is 0 Å². The van der Waals surface area contributed by atoms with E-state index in [-0.39, 0.29) is 34.0 Å². The van der Waals surface area contributed by atoms with Crippen LogP contribution in [0.1, 0.15) is 44.5 Å². The maximum Gasteiger partial charge on any atom is 0.298 e. The summed E-state index contributed by atoms with van der Waals surface area (Å²) in [6.07, 6.45) is 1.32. The van der Waals surface area contributed by atoms with Crippen LogP contribution < -0.4 is 15.0 Å². The number of methoxy groups -OCH3 is 1. The first-order valence-corrected chi connectivity index (χ1v) is 12.1. The molecule has 1 aliphatic rings. The Kier molecular flexibility index (Phi) is 6.58. The Morgan fingerprint density at radius 1 is 1.10 bits per heavy atom. The monoisotopic (exact) mass is 527 g/mol. The summed E-state index contributed by atoms with van der Waals surface area (Å²) in [7, 11) is 1.44. The van der Waals surface area contributed by atoms with Crippen LogP contribution >= 0.6 is 0 Å². The zero-order valence-electron chi connectivity index (χ0n) is 21.1. The van der Waals surface area contributed by atoms with Crippen molar-refractivity contribution in [2.75, 3.05) is 17.3 Å².